The standard InChI is InChI=1S/C43H46N2/c1-6-9-18-33-24-25-45-41(27-33)37-22-15-16-23-39(37)42(7-2)28-35(43(42,45)8-3)29-44-30-38(34-19-11-10-12-20-34)32(5)26-40(44)36-21-14-13-17-31(36)4/h10-17,19-28,30H,6-9,18,29H2,1-5H3/q+2. The number of pyridine rings is 2. The Labute approximate surface area is 269 Å². The number of aromatic nitrogens is 2. The lowest BCUT2D eigenvalue weighted by molar-refractivity contribution is -0.770. The van der Waals surface area contributed by atoms with Crippen molar-refractivity contribution in [2.75, 3.05) is 0 Å². The molecule has 226 valence electrons. The molecule has 2 atom stereocenters. The molecular formula is C43H46N2+2. The average Bonchev–Trinajstić information content (AvgIpc) is 3.07. The number of unbranched alkanes of at least 4 members (excludes halogenated alkanes) is 1. The zero-order chi connectivity index (χ0) is 31.2. The molecule has 0 saturated carbocycles. The van der Waals surface area contributed by atoms with Crippen LogP contribution in [0, 0.1) is 13.8 Å². The highest BCUT2D eigenvalue weighted by molar-refractivity contribution is 5.71. The molecule has 0 amide bonds. The van der Waals surface area contributed by atoms with Crippen LogP contribution in [0.3, 0.4) is 0 Å². The summed E-state index contributed by atoms with van der Waals surface area (Å²) in [5.41, 5.74) is 14.8. The monoisotopic (exact) mass is 590 g/mol. The van der Waals surface area contributed by atoms with E-state index < -0.39 is 0 Å². The van der Waals surface area contributed by atoms with Gasteiger partial charge in [0, 0.05) is 35.7 Å². The molecule has 2 unspecified atom stereocenters. The molecule has 0 spiro atoms. The van der Waals surface area contributed by atoms with E-state index in [-0.39, 0.29) is 11.0 Å². The topological polar surface area (TPSA) is 7.76 Å². The van der Waals surface area contributed by atoms with E-state index in [0.29, 0.717) is 0 Å². The average molecular weight is 591 g/mol. The minimum absolute atomic E-state index is 0.0351. The van der Waals surface area contributed by atoms with Gasteiger partial charge in [0.1, 0.15) is 0 Å². The van der Waals surface area contributed by atoms with E-state index in [2.05, 4.69) is 159 Å². The van der Waals surface area contributed by atoms with Gasteiger partial charge in [0.25, 0.3) is 0 Å². The Bertz CT molecular complexity index is 1920. The Morgan fingerprint density at radius 2 is 1.40 bits per heavy atom. The molecule has 2 aliphatic rings. The SMILES string of the molecule is CCCCc1cc[n+]2c(c1)-c1ccccc1C1(CC)C=C(C[n+]3cc(-c4ccccc4)c(C)cc3-c3ccccc3C)C21CC. The Morgan fingerprint density at radius 1 is 0.667 bits per heavy atom. The molecule has 0 radical (unpaired) electrons. The fraction of sp³-hybridized carbons (Fsp3) is 0.302. The second-order valence-electron chi connectivity index (χ2n) is 13.2. The van der Waals surface area contributed by atoms with E-state index in [9.17, 15) is 0 Å². The summed E-state index contributed by atoms with van der Waals surface area (Å²) >= 11 is 0. The van der Waals surface area contributed by atoms with Crippen LogP contribution in [-0.2, 0) is 23.9 Å². The summed E-state index contributed by atoms with van der Waals surface area (Å²) in [6.07, 6.45) is 13.2. The van der Waals surface area contributed by atoms with Gasteiger partial charge in [0.2, 0.25) is 16.9 Å². The summed E-state index contributed by atoms with van der Waals surface area (Å²) in [4.78, 5) is 0. The molecule has 2 nitrogen and oxygen atoms in total. The first-order valence-corrected chi connectivity index (χ1v) is 17.0. The van der Waals surface area contributed by atoms with Crippen molar-refractivity contribution in [1.82, 2.24) is 0 Å². The predicted octanol–water partition coefficient (Wildman–Crippen LogP) is 9.63. The van der Waals surface area contributed by atoms with Crippen molar-refractivity contribution in [3.63, 3.8) is 0 Å². The summed E-state index contributed by atoms with van der Waals surface area (Å²) < 4.78 is 5.21. The number of benzene rings is 3. The third-order valence-corrected chi connectivity index (χ3v) is 10.9. The van der Waals surface area contributed by atoms with E-state index in [4.69, 9.17) is 0 Å². The molecule has 3 heterocycles. The molecule has 7 rings (SSSR count). The molecule has 5 aromatic rings. The smallest absolute Gasteiger partial charge is 0.193 e. The predicted molar refractivity (Wildman–Crippen MR) is 186 cm³/mol. The molecule has 1 aliphatic carbocycles. The first-order valence-electron chi connectivity index (χ1n) is 17.0. The van der Waals surface area contributed by atoms with E-state index in [0.717, 1.165) is 25.8 Å². The van der Waals surface area contributed by atoms with Crippen molar-refractivity contribution in [2.24, 2.45) is 0 Å². The highest BCUT2D eigenvalue weighted by atomic mass is 15.1. The molecule has 3 aromatic carbocycles. The fourth-order valence-electron chi connectivity index (χ4n) is 8.63. The third-order valence-electron chi connectivity index (χ3n) is 10.9. The molecule has 45 heavy (non-hydrogen) atoms. The lowest BCUT2D eigenvalue weighted by Crippen LogP contribution is -2.75. The highest BCUT2D eigenvalue weighted by Gasteiger charge is 2.69. The summed E-state index contributed by atoms with van der Waals surface area (Å²) in [6.45, 7) is 12.4. The van der Waals surface area contributed by atoms with Crippen LogP contribution in [0.25, 0.3) is 33.6 Å². The maximum atomic E-state index is 2.67. The second kappa shape index (κ2) is 11.6. The minimum Gasteiger partial charge on any atom is -0.193 e. The van der Waals surface area contributed by atoms with Gasteiger partial charge in [-0.05, 0) is 73.1 Å². The van der Waals surface area contributed by atoms with Gasteiger partial charge in [-0.3, -0.25) is 0 Å². The van der Waals surface area contributed by atoms with Gasteiger partial charge < -0.3 is 0 Å². The van der Waals surface area contributed by atoms with Gasteiger partial charge in [-0.25, -0.2) is 0 Å². The van der Waals surface area contributed by atoms with Crippen LogP contribution in [0.15, 0.2) is 121 Å². The van der Waals surface area contributed by atoms with E-state index in [1.807, 2.05) is 0 Å². The maximum absolute atomic E-state index is 2.67. The van der Waals surface area contributed by atoms with Crippen LogP contribution < -0.4 is 9.13 Å². The van der Waals surface area contributed by atoms with Gasteiger partial charge in [0.15, 0.2) is 18.9 Å². The lowest BCUT2D eigenvalue weighted by atomic mass is 9.48. The number of fused-ring (bicyclic) bond motifs is 6. The molecule has 2 aromatic heterocycles. The van der Waals surface area contributed by atoms with Crippen molar-refractivity contribution in [1.29, 1.82) is 0 Å². The molecule has 1 aliphatic heterocycles. The van der Waals surface area contributed by atoms with Crippen LogP contribution in [0.1, 0.15) is 68.7 Å². The van der Waals surface area contributed by atoms with E-state index in [1.54, 1.807) is 0 Å². The van der Waals surface area contributed by atoms with Crippen LogP contribution in [-0.4, -0.2) is 0 Å². The molecule has 2 heteroatoms. The Hall–Kier alpha value is -4.30. The van der Waals surface area contributed by atoms with Crippen LogP contribution in [0.2, 0.25) is 0 Å². The lowest BCUT2D eigenvalue weighted by Gasteiger charge is -2.55. The summed E-state index contributed by atoms with van der Waals surface area (Å²) in [7, 11) is 0. The highest BCUT2D eigenvalue weighted by Crippen LogP contribution is 2.60. The molecule has 0 N–H and O–H groups in total. The van der Waals surface area contributed by atoms with Crippen molar-refractivity contribution in [3.05, 3.63) is 143 Å². The van der Waals surface area contributed by atoms with Crippen LogP contribution in [0.4, 0.5) is 0 Å². The van der Waals surface area contributed by atoms with Crippen LogP contribution >= 0.6 is 0 Å². The largest absolute Gasteiger partial charge is 0.213 e. The first-order chi connectivity index (χ1) is 22.0. The van der Waals surface area contributed by atoms with E-state index >= 15 is 0 Å². The van der Waals surface area contributed by atoms with Crippen molar-refractivity contribution in [3.8, 4) is 33.6 Å². The summed E-state index contributed by atoms with van der Waals surface area (Å²) in [5, 5.41) is 0. The first kappa shape index (κ1) is 29.4. The Kier molecular flexibility index (Phi) is 7.56. The minimum atomic E-state index is -0.122. The fourth-order valence-corrected chi connectivity index (χ4v) is 8.63. The van der Waals surface area contributed by atoms with Gasteiger partial charge in [-0.15, -0.1) is 0 Å². The molecular weight excluding hydrogens is 544 g/mol. The van der Waals surface area contributed by atoms with Gasteiger partial charge >= 0.3 is 0 Å². The number of rotatable bonds is 9. The number of nitrogens with zero attached hydrogens (tertiary/aromatic N) is 2. The Morgan fingerprint density at radius 3 is 2.13 bits per heavy atom. The second-order valence-corrected chi connectivity index (χ2v) is 13.2. The summed E-state index contributed by atoms with van der Waals surface area (Å²) in [6, 6.07) is 36.2. The molecule has 0 fully saturated rings. The van der Waals surface area contributed by atoms with E-state index in [1.165, 1.54) is 74.3 Å². The van der Waals surface area contributed by atoms with Gasteiger partial charge in [-0.2, -0.15) is 9.13 Å². The zero-order valence-corrected chi connectivity index (χ0v) is 27.6. The maximum Gasteiger partial charge on any atom is 0.213 e. The Balaban J connectivity index is 1.44. The molecule has 0 bridgehead atoms. The van der Waals surface area contributed by atoms with Crippen molar-refractivity contribution >= 4 is 0 Å². The van der Waals surface area contributed by atoms with Gasteiger partial charge in [0.05, 0.1) is 16.6 Å². The van der Waals surface area contributed by atoms with Crippen LogP contribution in [0.5, 0.6) is 0 Å². The number of allylic oxidation sites excluding steroid dienone is 2. The third kappa shape index (κ3) is 4.44. The quantitative estimate of drug-likeness (QED) is 0.119. The number of hydrogen-bond acceptors (Lipinski definition) is 0. The van der Waals surface area contributed by atoms with Crippen molar-refractivity contribution in [2.45, 2.75) is 84.2 Å². The zero-order valence-electron chi connectivity index (χ0n) is 27.6. The van der Waals surface area contributed by atoms with Crippen molar-refractivity contribution < 1.29 is 9.13 Å². The normalized spacial score (nSPS) is 19.6. The number of aryl methyl sites for hydroxylation is 3. The molecule has 0 saturated heterocycles. The van der Waals surface area contributed by atoms with Gasteiger partial charge in [-0.1, -0.05) is 100.0 Å². The number of hydrogen-bond donors (Lipinski definition) is 0. The summed E-state index contributed by atoms with van der Waals surface area (Å²) in [5.74, 6) is 0.